The van der Waals surface area contributed by atoms with Crippen molar-refractivity contribution < 1.29 is 9.90 Å². The fraction of sp³-hybridized carbons (Fsp3) is 0.500. The number of carbonyl (C=O) groups excluding carboxylic acids is 1. The fourth-order valence-corrected chi connectivity index (χ4v) is 4.22. The second-order valence-electron chi connectivity index (χ2n) is 4.08. The van der Waals surface area contributed by atoms with Crippen LogP contribution in [0.4, 0.5) is 0 Å². The van der Waals surface area contributed by atoms with Gasteiger partial charge in [0.05, 0.1) is 19.7 Å². The smallest absolute Gasteiger partial charge is 0.253 e. The molecule has 16 heavy (non-hydrogen) atoms. The van der Waals surface area contributed by atoms with Gasteiger partial charge in [-0.05, 0) is 50.8 Å². The molecule has 0 aromatic carbocycles. The van der Waals surface area contributed by atoms with Crippen LogP contribution < -0.4 is 5.32 Å². The Kier molecular flexibility index (Phi) is 3.73. The summed E-state index contributed by atoms with van der Waals surface area (Å²) in [4.78, 5) is 11.8. The summed E-state index contributed by atoms with van der Waals surface area (Å²) in [5.41, 5.74) is 0.598. The number of nitrogens with one attached hydrogen (secondary N) is 1. The maximum Gasteiger partial charge on any atom is 0.253 e. The molecule has 1 aliphatic carbocycles. The highest BCUT2D eigenvalue weighted by molar-refractivity contribution is 9.12. The molecule has 0 spiro atoms. The topological polar surface area (TPSA) is 49.3 Å². The predicted octanol–water partition coefficient (Wildman–Crippen LogP) is 2.78. The van der Waals surface area contributed by atoms with Crippen LogP contribution in [0.1, 0.15) is 23.2 Å². The van der Waals surface area contributed by atoms with Crippen LogP contribution in [0, 0.1) is 5.41 Å². The molecule has 0 atom stereocenters. The number of rotatable bonds is 4. The first-order valence-corrected chi connectivity index (χ1v) is 7.30. The van der Waals surface area contributed by atoms with E-state index in [0.717, 1.165) is 20.4 Å². The number of carbonyl (C=O) groups is 1. The summed E-state index contributed by atoms with van der Waals surface area (Å²) in [5, 5.41) is 12.0. The maximum atomic E-state index is 11.8. The van der Waals surface area contributed by atoms with Crippen LogP contribution in [-0.2, 0) is 0 Å². The van der Waals surface area contributed by atoms with Crippen LogP contribution in [0.5, 0.6) is 0 Å². The molecule has 0 saturated heterocycles. The molecule has 1 aromatic heterocycles. The van der Waals surface area contributed by atoms with Crippen LogP contribution in [0.3, 0.4) is 0 Å². The summed E-state index contributed by atoms with van der Waals surface area (Å²) in [6, 6.07) is 1.79. The van der Waals surface area contributed by atoms with Crippen molar-refractivity contribution >= 4 is 49.1 Å². The van der Waals surface area contributed by atoms with Gasteiger partial charge in [-0.3, -0.25) is 4.79 Å². The Balaban J connectivity index is 1.96. The minimum atomic E-state index is -0.0893. The van der Waals surface area contributed by atoms with Gasteiger partial charge >= 0.3 is 0 Å². The lowest BCUT2D eigenvalue weighted by molar-refractivity contribution is 0.0935. The summed E-state index contributed by atoms with van der Waals surface area (Å²) in [7, 11) is 0. The van der Waals surface area contributed by atoms with Crippen molar-refractivity contribution in [3.63, 3.8) is 0 Å². The van der Waals surface area contributed by atoms with Crippen molar-refractivity contribution in [2.24, 2.45) is 5.41 Å². The van der Waals surface area contributed by atoms with Crippen LogP contribution >= 0.6 is 43.2 Å². The summed E-state index contributed by atoms with van der Waals surface area (Å²) >= 11 is 8.16. The number of hydrogen-bond donors (Lipinski definition) is 2. The van der Waals surface area contributed by atoms with Gasteiger partial charge in [-0.25, -0.2) is 0 Å². The molecule has 0 radical (unpaired) electrons. The Bertz CT molecular complexity index is 415. The quantitative estimate of drug-likeness (QED) is 0.858. The van der Waals surface area contributed by atoms with E-state index in [9.17, 15) is 4.79 Å². The van der Waals surface area contributed by atoms with Gasteiger partial charge in [0.2, 0.25) is 0 Å². The van der Waals surface area contributed by atoms with E-state index in [1.807, 2.05) is 0 Å². The van der Waals surface area contributed by atoms with Gasteiger partial charge in [-0.1, -0.05) is 0 Å². The van der Waals surface area contributed by atoms with Gasteiger partial charge in [0.25, 0.3) is 5.91 Å². The zero-order valence-corrected chi connectivity index (χ0v) is 12.4. The lowest BCUT2D eigenvalue weighted by Crippen LogP contribution is -2.31. The zero-order chi connectivity index (χ0) is 11.8. The number of halogens is 2. The molecule has 6 heteroatoms. The monoisotopic (exact) mass is 367 g/mol. The van der Waals surface area contributed by atoms with Crippen LogP contribution in [0.2, 0.25) is 0 Å². The third-order valence-electron chi connectivity index (χ3n) is 2.82. The number of amides is 1. The molecule has 0 unspecified atom stereocenters. The molecule has 2 N–H and O–H groups in total. The minimum Gasteiger partial charge on any atom is -0.396 e. The standard InChI is InChI=1S/C10H11Br2NO2S/c11-7-3-6(8(12)16-7)9(15)13-4-10(5-14)1-2-10/h3,14H,1-2,4-5H2,(H,13,15). The highest BCUT2D eigenvalue weighted by Crippen LogP contribution is 2.44. The minimum absolute atomic E-state index is 0.0462. The Morgan fingerprint density at radius 3 is 2.69 bits per heavy atom. The van der Waals surface area contributed by atoms with Crippen molar-refractivity contribution in [2.75, 3.05) is 13.2 Å². The van der Waals surface area contributed by atoms with Gasteiger partial charge in [-0.15, -0.1) is 11.3 Å². The molecule has 1 heterocycles. The Morgan fingerprint density at radius 2 is 2.25 bits per heavy atom. The summed E-state index contributed by atoms with van der Waals surface area (Å²) < 4.78 is 1.75. The molecule has 3 nitrogen and oxygen atoms in total. The van der Waals surface area contributed by atoms with E-state index in [1.54, 1.807) is 6.07 Å². The SMILES string of the molecule is O=C(NCC1(CO)CC1)c1cc(Br)sc1Br. The lowest BCUT2D eigenvalue weighted by atomic mass is 10.1. The molecule has 1 fully saturated rings. The second-order valence-corrected chi connectivity index (χ2v) is 7.83. The van der Waals surface area contributed by atoms with E-state index < -0.39 is 0 Å². The number of hydrogen-bond acceptors (Lipinski definition) is 3. The van der Waals surface area contributed by atoms with E-state index in [0.29, 0.717) is 12.1 Å². The summed E-state index contributed by atoms with van der Waals surface area (Å²) in [5.74, 6) is -0.0893. The number of thiophene rings is 1. The Morgan fingerprint density at radius 1 is 1.56 bits per heavy atom. The van der Waals surface area contributed by atoms with Gasteiger partial charge in [-0.2, -0.15) is 0 Å². The first kappa shape index (κ1) is 12.5. The molecule has 1 aromatic rings. The Labute approximate surface area is 114 Å². The predicted molar refractivity (Wildman–Crippen MR) is 70.8 cm³/mol. The lowest BCUT2D eigenvalue weighted by Gasteiger charge is -2.12. The van der Waals surface area contributed by atoms with E-state index in [2.05, 4.69) is 37.2 Å². The zero-order valence-electron chi connectivity index (χ0n) is 8.43. The van der Waals surface area contributed by atoms with Crippen molar-refractivity contribution in [2.45, 2.75) is 12.8 Å². The summed E-state index contributed by atoms with van der Waals surface area (Å²) in [6.07, 6.45) is 2.00. The van der Waals surface area contributed by atoms with E-state index in [1.165, 1.54) is 11.3 Å². The average Bonchev–Trinajstić information content (AvgIpc) is 2.96. The molecule has 0 aliphatic heterocycles. The first-order chi connectivity index (χ1) is 7.56. The van der Waals surface area contributed by atoms with Crippen LogP contribution in [-0.4, -0.2) is 24.2 Å². The molecule has 88 valence electrons. The fourth-order valence-electron chi connectivity index (χ4n) is 1.43. The molecule has 2 rings (SSSR count). The number of aliphatic hydroxyl groups excluding tert-OH is 1. The molecule has 1 saturated carbocycles. The van der Waals surface area contributed by atoms with Gasteiger partial charge in [0, 0.05) is 12.0 Å². The highest BCUT2D eigenvalue weighted by atomic mass is 79.9. The van der Waals surface area contributed by atoms with E-state index in [-0.39, 0.29) is 17.9 Å². The average molecular weight is 369 g/mol. The molecular formula is C10H11Br2NO2S. The van der Waals surface area contributed by atoms with Crippen molar-refractivity contribution in [1.82, 2.24) is 5.32 Å². The largest absolute Gasteiger partial charge is 0.396 e. The molecule has 0 bridgehead atoms. The molecular weight excluding hydrogens is 358 g/mol. The molecule has 1 aliphatic rings. The van der Waals surface area contributed by atoms with Crippen molar-refractivity contribution in [3.8, 4) is 0 Å². The third kappa shape index (κ3) is 2.67. The van der Waals surface area contributed by atoms with E-state index >= 15 is 0 Å². The Hall–Kier alpha value is 0.0900. The number of aliphatic hydroxyl groups is 1. The maximum absolute atomic E-state index is 11.8. The van der Waals surface area contributed by atoms with Gasteiger partial charge in [0.1, 0.15) is 0 Å². The van der Waals surface area contributed by atoms with Gasteiger partial charge in [0.15, 0.2) is 0 Å². The van der Waals surface area contributed by atoms with Crippen molar-refractivity contribution in [1.29, 1.82) is 0 Å². The van der Waals surface area contributed by atoms with Crippen LogP contribution in [0.15, 0.2) is 13.6 Å². The van der Waals surface area contributed by atoms with E-state index in [4.69, 9.17) is 5.11 Å². The highest BCUT2D eigenvalue weighted by Gasteiger charge is 2.42. The molecule has 1 amide bonds. The summed E-state index contributed by atoms with van der Waals surface area (Å²) in [6.45, 7) is 0.712. The van der Waals surface area contributed by atoms with Crippen molar-refractivity contribution in [3.05, 3.63) is 19.2 Å². The second kappa shape index (κ2) is 4.76. The first-order valence-electron chi connectivity index (χ1n) is 4.90. The third-order valence-corrected chi connectivity index (χ3v) is 5.16. The normalized spacial score (nSPS) is 17.2. The van der Waals surface area contributed by atoms with Crippen LogP contribution in [0.25, 0.3) is 0 Å². The van der Waals surface area contributed by atoms with Gasteiger partial charge < -0.3 is 10.4 Å².